The van der Waals surface area contributed by atoms with E-state index in [1.807, 2.05) is 4.90 Å². The molecule has 23 heavy (non-hydrogen) atoms. The molecule has 124 valence electrons. The first kappa shape index (κ1) is 15.8. The zero-order valence-electron chi connectivity index (χ0n) is 12.6. The molecule has 1 fully saturated rings. The van der Waals surface area contributed by atoms with Crippen molar-refractivity contribution in [2.24, 2.45) is 0 Å². The molecule has 8 heteroatoms. The van der Waals surface area contributed by atoms with Crippen molar-refractivity contribution in [2.45, 2.75) is 19.1 Å². The third-order valence-electron chi connectivity index (χ3n) is 3.94. The van der Waals surface area contributed by atoms with Gasteiger partial charge in [-0.15, -0.1) is 0 Å². The summed E-state index contributed by atoms with van der Waals surface area (Å²) in [6, 6.07) is 2.54. The SMILES string of the molecule is FC(F)(F)c1ccc(N2CCCN(Cc3cnc[nH]3)CC2)nc1. The first-order valence-corrected chi connectivity index (χ1v) is 7.50. The topological polar surface area (TPSA) is 48.0 Å². The van der Waals surface area contributed by atoms with Crippen LogP contribution in [0.3, 0.4) is 0 Å². The van der Waals surface area contributed by atoms with Crippen molar-refractivity contribution >= 4 is 5.82 Å². The van der Waals surface area contributed by atoms with Crippen LogP contribution in [0, 0.1) is 0 Å². The Bertz CT molecular complexity index is 609. The van der Waals surface area contributed by atoms with Gasteiger partial charge in [-0.1, -0.05) is 0 Å². The van der Waals surface area contributed by atoms with E-state index in [1.165, 1.54) is 6.07 Å². The maximum absolute atomic E-state index is 12.6. The van der Waals surface area contributed by atoms with E-state index in [0.29, 0.717) is 5.82 Å². The number of nitrogens with zero attached hydrogens (tertiary/aromatic N) is 4. The maximum atomic E-state index is 12.6. The van der Waals surface area contributed by atoms with E-state index in [9.17, 15) is 13.2 Å². The quantitative estimate of drug-likeness (QED) is 0.942. The van der Waals surface area contributed by atoms with E-state index >= 15 is 0 Å². The minimum Gasteiger partial charge on any atom is -0.355 e. The first-order valence-electron chi connectivity index (χ1n) is 7.50. The molecule has 1 aliphatic rings. The summed E-state index contributed by atoms with van der Waals surface area (Å²) in [6.45, 7) is 4.11. The molecule has 1 aliphatic heterocycles. The summed E-state index contributed by atoms with van der Waals surface area (Å²) < 4.78 is 37.8. The van der Waals surface area contributed by atoms with Crippen molar-refractivity contribution in [1.82, 2.24) is 19.9 Å². The number of alkyl halides is 3. The fourth-order valence-electron chi connectivity index (χ4n) is 2.71. The molecule has 0 saturated carbocycles. The highest BCUT2D eigenvalue weighted by molar-refractivity contribution is 5.40. The Morgan fingerprint density at radius 2 is 1.96 bits per heavy atom. The number of nitrogens with one attached hydrogen (secondary N) is 1. The molecule has 1 N–H and O–H groups in total. The van der Waals surface area contributed by atoms with Crippen molar-refractivity contribution in [2.75, 3.05) is 31.1 Å². The molecule has 3 rings (SSSR count). The molecule has 0 aromatic carbocycles. The van der Waals surface area contributed by atoms with Crippen molar-refractivity contribution in [3.63, 3.8) is 0 Å². The summed E-state index contributed by atoms with van der Waals surface area (Å²) in [5, 5.41) is 0. The molecular weight excluding hydrogens is 307 g/mol. The van der Waals surface area contributed by atoms with Crippen LogP contribution >= 0.6 is 0 Å². The van der Waals surface area contributed by atoms with Crippen molar-refractivity contribution in [1.29, 1.82) is 0 Å². The lowest BCUT2D eigenvalue weighted by Crippen LogP contribution is -2.31. The molecule has 2 aromatic heterocycles. The summed E-state index contributed by atoms with van der Waals surface area (Å²) in [6.07, 6.45) is 0.969. The van der Waals surface area contributed by atoms with Gasteiger partial charge in [0.1, 0.15) is 5.82 Å². The second kappa shape index (κ2) is 6.57. The summed E-state index contributed by atoms with van der Waals surface area (Å²) in [4.78, 5) is 15.4. The van der Waals surface area contributed by atoms with Gasteiger partial charge in [0.15, 0.2) is 0 Å². The maximum Gasteiger partial charge on any atom is 0.417 e. The van der Waals surface area contributed by atoms with Crippen LogP contribution in [-0.4, -0.2) is 46.0 Å². The van der Waals surface area contributed by atoms with E-state index in [0.717, 1.165) is 57.1 Å². The second-order valence-electron chi connectivity index (χ2n) is 5.60. The lowest BCUT2D eigenvalue weighted by Gasteiger charge is -2.22. The Labute approximate surface area is 132 Å². The number of aromatic nitrogens is 3. The van der Waals surface area contributed by atoms with E-state index < -0.39 is 11.7 Å². The third-order valence-corrected chi connectivity index (χ3v) is 3.94. The fraction of sp³-hybridized carbons (Fsp3) is 0.467. The smallest absolute Gasteiger partial charge is 0.355 e. The Balaban J connectivity index is 1.61. The summed E-state index contributed by atoms with van der Waals surface area (Å²) >= 11 is 0. The molecule has 0 aliphatic carbocycles. The zero-order valence-corrected chi connectivity index (χ0v) is 12.6. The second-order valence-corrected chi connectivity index (χ2v) is 5.60. The fourth-order valence-corrected chi connectivity index (χ4v) is 2.71. The van der Waals surface area contributed by atoms with E-state index in [2.05, 4.69) is 19.9 Å². The molecule has 0 radical (unpaired) electrons. The van der Waals surface area contributed by atoms with Gasteiger partial charge in [0.2, 0.25) is 0 Å². The Morgan fingerprint density at radius 3 is 2.61 bits per heavy atom. The van der Waals surface area contributed by atoms with Gasteiger partial charge in [0.25, 0.3) is 0 Å². The van der Waals surface area contributed by atoms with Crippen LogP contribution in [0.4, 0.5) is 19.0 Å². The molecule has 1 saturated heterocycles. The predicted molar refractivity (Wildman–Crippen MR) is 79.9 cm³/mol. The van der Waals surface area contributed by atoms with Crippen LogP contribution < -0.4 is 4.90 Å². The van der Waals surface area contributed by atoms with E-state index in [-0.39, 0.29) is 0 Å². The van der Waals surface area contributed by atoms with Crippen LogP contribution in [0.2, 0.25) is 0 Å². The van der Waals surface area contributed by atoms with Gasteiger partial charge in [-0.2, -0.15) is 13.2 Å². The number of pyridine rings is 1. The Kier molecular flexibility index (Phi) is 4.51. The lowest BCUT2D eigenvalue weighted by molar-refractivity contribution is -0.137. The summed E-state index contributed by atoms with van der Waals surface area (Å²) in [5.41, 5.74) is 0.350. The minimum atomic E-state index is -4.34. The van der Waals surface area contributed by atoms with Gasteiger partial charge in [-0.3, -0.25) is 4.90 Å². The van der Waals surface area contributed by atoms with Crippen LogP contribution in [0.15, 0.2) is 30.9 Å². The molecular formula is C15H18F3N5. The average molecular weight is 325 g/mol. The number of anilines is 1. The largest absolute Gasteiger partial charge is 0.417 e. The van der Waals surface area contributed by atoms with Gasteiger partial charge in [0.05, 0.1) is 11.9 Å². The van der Waals surface area contributed by atoms with Gasteiger partial charge in [-0.25, -0.2) is 9.97 Å². The minimum absolute atomic E-state index is 0.599. The van der Waals surface area contributed by atoms with Crippen molar-refractivity contribution in [3.05, 3.63) is 42.1 Å². The standard InChI is InChI=1S/C15H18F3N5/c16-15(17,18)12-2-3-14(20-8-12)23-5-1-4-22(6-7-23)10-13-9-19-11-21-13/h2-3,8-9,11H,1,4-7,10H2,(H,19,21). The number of H-pyrrole nitrogens is 1. The molecule has 3 heterocycles. The van der Waals surface area contributed by atoms with Gasteiger partial charge in [0, 0.05) is 50.8 Å². The Hall–Kier alpha value is -2.09. The van der Waals surface area contributed by atoms with Gasteiger partial charge in [-0.05, 0) is 18.6 Å². The third kappa shape index (κ3) is 4.01. The summed E-state index contributed by atoms with van der Waals surface area (Å²) in [7, 11) is 0. The van der Waals surface area contributed by atoms with Crippen LogP contribution in [-0.2, 0) is 12.7 Å². The summed E-state index contributed by atoms with van der Waals surface area (Å²) in [5.74, 6) is 0.599. The number of aromatic amines is 1. The molecule has 5 nitrogen and oxygen atoms in total. The predicted octanol–water partition coefficient (Wildman–Crippen LogP) is 2.54. The zero-order chi connectivity index (χ0) is 16.3. The van der Waals surface area contributed by atoms with Crippen molar-refractivity contribution in [3.8, 4) is 0 Å². The van der Waals surface area contributed by atoms with Crippen LogP contribution in [0.5, 0.6) is 0 Å². The molecule has 0 spiro atoms. The van der Waals surface area contributed by atoms with Gasteiger partial charge < -0.3 is 9.88 Å². The number of imidazole rings is 1. The van der Waals surface area contributed by atoms with Gasteiger partial charge >= 0.3 is 6.18 Å². The highest BCUT2D eigenvalue weighted by Crippen LogP contribution is 2.29. The first-order chi connectivity index (χ1) is 11.0. The van der Waals surface area contributed by atoms with Crippen LogP contribution in [0.1, 0.15) is 17.7 Å². The van der Waals surface area contributed by atoms with E-state index in [4.69, 9.17) is 0 Å². The number of halogens is 3. The van der Waals surface area contributed by atoms with Crippen molar-refractivity contribution < 1.29 is 13.2 Å². The molecule has 0 bridgehead atoms. The van der Waals surface area contributed by atoms with E-state index in [1.54, 1.807) is 12.5 Å². The normalized spacial score (nSPS) is 17.3. The number of hydrogen-bond acceptors (Lipinski definition) is 4. The monoisotopic (exact) mass is 325 g/mol. The molecule has 0 unspecified atom stereocenters. The number of rotatable bonds is 3. The number of hydrogen-bond donors (Lipinski definition) is 1. The average Bonchev–Trinajstić information content (AvgIpc) is 2.91. The lowest BCUT2D eigenvalue weighted by atomic mass is 10.2. The molecule has 0 amide bonds. The molecule has 0 atom stereocenters. The Morgan fingerprint density at radius 1 is 1.09 bits per heavy atom. The highest BCUT2D eigenvalue weighted by Gasteiger charge is 2.31. The molecule has 2 aromatic rings. The highest BCUT2D eigenvalue weighted by atomic mass is 19.4. The van der Waals surface area contributed by atoms with Crippen LogP contribution in [0.25, 0.3) is 0 Å².